The van der Waals surface area contributed by atoms with Crippen molar-refractivity contribution < 1.29 is 16.8 Å². The second-order valence-corrected chi connectivity index (χ2v) is 9.11. The van der Waals surface area contributed by atoms with E-state index < -0.39 is 20.0 Å². The largest absolute Gasteiger partial charge is 0.330 e. The van der Waals surface area contributed by atoms with Crippen LogP contribution in [-0.4, -0.2) is 47.8 Å². The lowest BCUT2D eigenvalue weighted by Crippen LogP contribution is -2.41. The van der Waals surface area contributed by atoms with Crippen molar-refractivity contribution in [2.24, 2.45) is 11.7 Å². The summed E-state index contributed by atoms with van der Waals surface area (Å²) >= 11 is 0. The molecule has 0 aliphatic carbocycles. The van der Waals surface area contributed by atoms with Crippen LogP contribution in [0.3, 0.4) is 0 Å². The number of piperidine rings is 1. The van der Waals surface area contributed by atoms with Crippen molar-refractivity contribution in [3.05, 3.63) is 24.3 Å². The summed E-state index contributed by atoms with van der Waals surface area (Å²) in [6.45, 7) is 1.34. The molecule has 124 valence electrons. The van der Waals surface area contributed by atoms with E-state index in [9.17, 15) is 16.8 Å². The van der Waals surface area contributed by atoms with Crippen molar-refractivity contribution >= 4 is 20.0 Å². The second-order valence-electron chi connectivity index (χ2n) is 5.29. The Hall–Kier alpha value is -1.00. The van der Waals surface area contributed by atoms with Crippen LogP contribution in [0, 0.1) is 5.92 Å². The lowest BCUT2D eigenvalue weighted by Gasteiger charge is -2.31. The number of hydrogen-bond acceptors (Lipinski definition) is 5. The minimum absolute atomic E-state index is 0.0347. The van der Waals surface area contributed by atoms with Crippen LogP contribution >= 0.6 is 0 Å². The first-order valence-electron chi connectivity index (χ1n) is 7.05. The van der Waals surface area contributed by atoms with Gasteiger partial charge in [0.2, 0.25) is 20.0 Å². The Balaban J connectivity index is 2.27. The smallest absolute Gasteiger partial charge is 0.243 e. The van der Waals surface area contributed by atoms with E-state index in [2.05, 4.69) is 4.72 Å². The predicted molar refractivity (Wildman–Crippen MR) is 83.2 cm³/mol. The van der Waals surface area contributed by atoms with Gasteiger partial charge in [-0.15, -0.1) is 0 Å². The summed E-state index contributed by atoms with van der Waals surface area (Å²) in [6.07, 6.45) is 1.72. The molecule has 9 heteroatoms. The molecule has 1 fully saturated rings. The van der Waals surface area contributed by atoms with Crippen molar-refractivity contribution in [2.45, 2.75) is 22.6 Å². The van der Waals surface area contributed by atoms with Gasteiger partial charge in [-0.1, -0.05) is 0 Å². The lowest BCUT2D eigenvalue weighted by atomic mass is 10.0. The van der Waals surface area contributed by atoms with E-state index in [1.54, 1.807) is 0 Å². The zero-order valence-electron chi connectivity index (χ0n) is 12.4. The third-order valence-corrected chi connectivity index (χ3v) is 7.17. The van der Waals surface area contributed by atoms with Gasteiger partial charge in [-0.05, 0) is 56.6 Å². The summed E-state index contributed by atoms with van der Waals surface area (Å²) in [4.78, 5) is 0.132. The van der Waals surface area contributed by atoms with Gasteiger partial charge >= 0.3 is 0 Å². The number of hydrogen-bond donors (Lipinski definition) is 2. The number of nitrogens with two attached hydrogens (primary N) is 1. The van der Waals surface area contributed by atoms with E-state index in [1.807, 2.05) is 0 Å². The van der Waals surface area contributed by atoms with Gasteiger partial charge in [0, 0.05) is 13.1 Å². The van der Waals surface area contributed by atoms with Crippen LogP contribution in [0.25, 0.3) is 0 Å². The summed E-state index contributed by atoms with van der Waals surface area (Å²) in [6, 6.07) is 5.24. The zero-order valence-corrected chi connectivity index (χ0v) is 14.0. The Morgan fingerprint density at radius 2 is 1.77 bits per heavy atom. The van der Waals surface area contributed by atoms with E-state index in [0.29, 0.717) is 19.6 Å². The van der Waals surface area contributed by atoms with Gasteiger partial charge in [-0.2, -0.15) is 4.31 Å². The number of nitrogens with one attached hydrogen (secondary N) is 1. The standard InChI is InChI=1S/C13H21N3O4S2/c1-15-21(17,18)12-4-6-13(7-5-12)22(19,20)16-8-2-3-11(9-14)10-16/h4-7,11,15H,2-3,8-10,14H2,1H3. The minimum atomic E-state index is -3.61. The average Bonchev–Trinajstić information content (AvgIpc) is 2.55. The van der Waals surface area contributed by atoms with Crippen LogP contribution in [0.4, 0.5) is 0 Å². The zero-order chi connectivity index (χ0) is 16.4. The van der Waals surface area contributed by atoms with Gasteiger partial charge < -0.3 is 5.73 Å². The first kappa shape index (κ1) is 17.4. The van der Waals surface area contributed by atoms with Crippen LogP contribution in [0.5, 0.6) is 0 Å². The molecule has 0 aromatic heterocycles. The molecule has 0 saturated carbocycles. The summed E-state index contributed by atoms with van der Waals surface area (Å²) in [7, 11) is -5.88. The van der Waals surface area contributed by atoms with Crippen LogP contribution in [0.2, 0.25) is 0 Å². The molecule has 1 aliphatic rings. The molecule has 22 heavy (non-hydrogen) atoms. The fourth-order valence-electron chi connectivity index (χ4n) is 2.50. The molecule has 1 saturated heterocycles. The molecule has 1 aromatic carbocycles. The Bertz CT molecular complexity index is 714. The fraction of sp³-hybridized carbons (Fsp3) is 0.538. The maximum Gasteiger partial charge on any atom is 0.243 e. The molecule has 0 radical (unpaired) electrons. The summed E-state index contributed by atoms with van der Waals surface area (Å²) in [5.74, 6) is 0.174. The third kappa shape index (κ3) is 3.49. The highest BCUT2D eigenvalue weighted by molar-refractivity contribution is 7.89. The first-order valence-corrected chi connectivity index (χ1v) is 9.97. The Kier molecular flexibility index (Phi) is 5.23. The molecule has 0 spiro atoms. The third-order valence-electron chi connectivity index (χ3n) is 3.86. The average molecular weight is 347 g/mol. The highest BCUT2D eigenvalue weighted by Crippen LogP contribution is 2.24. The minimum Gasteiger partial charge on any atom is -0.330 e. The van der Waals surface area contributed by atoms with Gasteiger partial charge in [0.1, 0.15) is 0 Å². The number of rotatable bonds is 5. The normalized spacial score (nSPS) is 20.9. The maximum absolute atomic E-state index is 12.6. The van der Waals surface area contributed by atoms with E-state index >= 15 is 0 Å². The fourth-order valence-corrected chi connectivity index (χ4v) is 4.78. The van der Waals surface area contributed by atoms with Gasteiger partial charge in [0.25, 0.3) is 0 Å². The second kappa shape index (κ2) is 6.63. The SMILES string of the molecule is CNS(=O)(=O)c1ccc(S(=O)(=O)N2CCCC(CN)C2)cc1. The van der Waals surface area contributed by atoms with Crippen molar-refractivity contribution in [3.8, 4) is 0 Å². The number of nitrogens with zero attached hydrogens (tertiary/aromatic N) is 1. The summed E-state index contributed by atoms with van der Waals surface area (Å²) in [5, 5.41) is 0. The van der Waals surface area contributed by atoms with Gasteiger partial charge in [-0.3, -0.25) is 0 Å². The van der Waals surface area contributed by atoms with E-state index in [0.717, 1.165) is 12.8 Å². The molecule has 7 nitrogen and oxygen atoms in total. The van der Waals surface area contributed by atoms with Crippen LogP contribution < -0.4 is 10.5 Å². The van der Waals surface area contributed by atoms with Crippen molar-refractivity contribution in [1.29, 1.82) is 0 Å². The van der Waals surface area contributed by atoms with Crippen LogP contribution in [0.1, 0.15) is 12.8 Å². The molecular formula is C13H21N3O4S2. The Morgan fingerprint density at radius 3 is 2.32 bits per heavy atom. The molecule has 1 unspecified atom stereocenters. The molecule has 0 amide bonds. The molecule has 0 bridgehead atoms. The van der Waals surface area contributed by atoms with Crippen molar-refractivity contribution in [3.63, 3.8) is 0 Å². The Labute approximate surface area is 131 Å². The molecule has 2 rings (SSSR count). The first-order chi connectivity index (χ1) is 10.3. The molecule has 1 aliphatic heterocycles. The monoisotopic (exact) mass is 347 g/mol. The predicted octanol–water partition coefficient (Wildman–Crippen LogP) is -0.0459. The topological polar surface area (TPSA) is 110 Å². The van der Waals surface area contributed by atoms with Crippen LogP contribution in [-0.2, 0) is 20.0 Å². The quantitative estimate of drug-likeness (QED) is 0.776. The highest BCUT2D eigenvalue weighted by Gasteiger charge is 2.29. The molecule has 1 heterocycles. The molecular weight excluding hydrogens is 326 g/mol. The van der Waals surface area contributed by atoms with Gasteiger partial charge in [0.05, 0.1) is 9.79 Å². The Morgan fingerprint density at radius 1 is 1.18 bits per heavy atom. The van der Waals surface area contributed by atoms with Gasteiger partial charge in [0.15, 0.2) is 0 Å². The van der Waals surface area contributed by atoms with Crippen LogP contribution in [0.15, 0.2) is 34.1 Å². The van der Waals surface area contributed by atoms with Crippen molar-refractivity contribution in [1.82, 2.24) is 9.03 Å². The molecule has 3 N–H and O–H groups in total. The number of benzene rings is 1. The van der Waals surface area contributed by atoms with Gasteiger partial charge in [-0.25, -0.2) is 21.6 Å². The molecule has 1 atom stereocenters. The lowest BCUT2D eigenvalue weighted by molar-refractivity contribution is 0.271. The molecule has 1 aromatic rings. The summed E-state index contributed by atoms with van der Waals surface area (Å²) in [5.41, 5.74) is 5.64. The summed E-state index contributed by atoms with van der Waals surface area (Å²) < 4.78 is 52.1. The number of sulfonamides is 2. The van der Waals surface area contributed by atoms with Crippen molar-refractivity contribution in [2.75, 3.05) is 26.7 Å². The highest BCUT2D eigenvalue weighted by atomic mass is 32.2. The van der Waals surface area contributed by atoms with E-state index in [4.69, 9.17) is 5.73 Å². The van der Waals surface area contributed by atoms with E-state index in [-0.39, 0.29) is 15.7 Å². The maximum atomic E-state index is 12.6. The van der Waals surface area contributed by atoms with E-state index in [1.165, 1.54) is 35.6 Å².